The number of halogens is 4. The van der Waals surface area contributed by atoms with Crippen LogP contribution in [0.15, 0.2) is 37.1 Å². The minimum Gasteiger partial charge on any atom is -0.495 e. The first-order valence-corrected chi connectivity index (χ1v) is 13.2. The van der Waals surface area contributed by atoms with E-state index in [2.05, 4.69) is 22.2 Å². The van der Waals surface area contributed by atoms with Crippen molar-refractivity contribution in [3.8, 4) is 22.8 Å². The molecule has 1 amide bonds. The molecule has 1 aromatic carbocycles. The Morgan fingerprint density at radius 2 is 1.88 bits per heavy atom. The van der Waals surface area contributed by atoms with E-state index in [0.29, 0.717) is 58.4 Å². The molecule has 2 aromatic heterocycles. The predicted molar refractivity (Wildman–Crippen MR) is 150 cm³/mol. The number of rotatable bonds is 8. The average Bonchev–Trinajstić information content (AvgIpc) is 3.53. The molecular weight excluding hydrogens is 567 g/mol. The Hall–Kier alpha value is -3.41. The van der Waals surface area contributed by atoms with Crippen LogP contribution < -0.4 is 25.0 Å². The standard InChI is InChI=1S/C27H27Cl2F2N5O4/c1-4-22(37)34-18-12-40-11-17(18)33-21-8-15-14(10-32-21)7-16(35-26(15)36-6-5-27(30,31)13-36)23-24(28)19(38-2)9-20(39-3)25(23)29/h4,7-10,17-18H,1,5-6,11-13H2,2-3H3,(H,32,33)(H,34,37)/t17-,18+/m1/s1. The molecule has 3 aromatic rings. The van der Waals surface area contributed by atoms with Gasteiger partial charge in [0, 0.05) is 41.6 Å². The van der Waals surface area contributed by atoms with E-state index in [4.69, 9.17) is 42.4 Å². The normalized spacial score (nSPS) is 20.0. The fourth-order valence-corrected chi connectivity index (χ4v) is 5.57. The number of carbonyl (C=O) groups excluding carboxylic acids is 1. The van der Waals surface area contributed by atoms with Gasteiger partial charge in [0.15, 0.2) is 0 Å². The SMILES string of the molecule is C=CC(=O)N[C@H]1COC[C@H]1Nc1cc2c(N3CCC(F)(F)C3)nc(-c3c(Cl)c(OC)cc(OC)c3Cl)cc2cn1. The number of ether oxygens (including phenoxy) is 3. The van der Waals surface area contributed by atoms with Crippen molar-refractivity contribution in [3.05, 3.63) is 47.1 Å². The molecule has 2 N–H and O–H groups in total. The third-order valence-electron chi connectivity index (χ3n) is 6.92. The quantitative estimate of drug-likeness (QED) is 0.354. The zero-order valence-corrected chi connectivity index (χ0v) is 23.3. The van der Waals surface area contributed by atoms with E-state index in [0.717, 1.165) is 0 Å². The van der Waals surface area contributed by atoms with Crippen molar-refractivity contribution in [2.24, 2.45) is 0 Å². The van der Waals surface area contributed by atoms with E-state index in [9.17, 15) is 13.6 Å². The maximum absolute atomic E-state index is 14.3. The summed E-state index contributed by atoms with van der Waals surface area (Å²) in [4.78, 5) is 22.7. The van der Waals surface area contributed by atoms with Gasteiger partial charge in [-0.15, -0.1) is 0 Å². The van der Waals surface area contributed by atoms with Crippen molar-refractivity contribution in [1.82, 2.24) is 15.3 Å². The van der Waals surface area contributed by atoms with Gasteiger partial charge in [-0.2, -0.15) is 0 Å². The van der Waals surface area contributed by atoms with Crippen molar-refractivity contribution in [2.75, 3.05) is 50.7 Å². The molecule has 2 atom stereocenters. The summed E-state index contributed by atoms with van der Waals surface area (Å²) in [6.07, 6.45) is 2.52. The molecule has 0 bridgehead atoms. The molecule has 2 fully saturated rings. The van der Waals surface area contributed by atoms with Crippen molar-refractivity contribution in [1.29, 1.82) is 0 Å². The molecule has 2 aliphatic heterocycles. The molecule has 0 aliphatic carbocycles. The predicted octanol–water partition coefficient (Wildman–Crippen LogP) is 4.95. The van der Waals surface area contributed by atoms with Gasteiger partial charge in [0.25, 0.3) is 5.92 Å². The number of alkyl halides is 2. The molecule has 13 heteroatoms. The van der Waals surface area contributed by atoms with E-state index >= 15 is 0 Å². The Balaban J connectivity index is 1.60. The second-order valence-electron chi connectivity index (χ2n) is 9.54. The first kappa shape index (κ1) is 28.1. The van der Waals surface area contributed by atoms with Crippen molar-refractivity contribution < 1.29 is 27.8 Å². The van der Waals surface area contributed by atoms with Crippen LogP contribution in [-0.4, -0.2) is 74.4 Å². The highest BCUT2D eigenvalue weighted by atomic mass is 35.5. The summed E-state index contributed by atoms with van der Waals surface area (Å²) < 4.78 is 45.0. The van der Waals surface area contributed by atoms with Crippen molar-refractivity contribution in [3.63, 3.8) is 0 Å². The van der Waals surface area contributed by atoms with Gasteiger partial charge in [-0.3, -0.25) is 4.79 Å². The first-order valence-electron chi connectivity index (χ1n) is 12.4. The van der Waals surface area contributed by atoms with Gasteiger partial charge in [-0.05, 0) is 18.2 Å². The summed E-state index contributed by atoms with van der Waals surface area (Å²) >= 11 is 13.3. The topological polar surface area (TPSA) is 97.8 Å². The Morgan fingerprint density at radius 3 is 2.50 bits per heavy atom. The van der Waals surface area contributed by atoms with Crippen LogP contribution >= 0.6 is 23.2 Å². The molecule has 2 saturated heterocycles. The van der Waals surface area contributed by atoms with Gasteiger partial charge >= 0.3 is 0 Å². The highest BCUT2D eigenvalue weighted by Crippen LogP contribution is 2.47. The maximum Gasteiger partial charge on any atom is 0.266 e. The third-order valence-corrected chi connectivity index (χ3v) is 7.67. The zero-order chi connectivity index (χ0) is 28.6. The molecular formula is C27H27Cl2F2N5O4. The van der Waals surface area contributed by atoms with Crippen LogP contribution in [-0.2, 0) is 9.53 Å². The number of hydrogen-bond donors (Lipinski definition) is 2. The van der Waals surface area contributed by atoms with Crippen LogP contribution in [0, 0.1) is 0 Å². The molecule has 5 rings (SSSR count). The van der Waals surface area contributed by atoms with Gasteiger partial charge in [0.05, 0.1) is 61.8 Å². The van der Waals surface area contributed by atoms with E-state index in [1.54, 1.807) is 29.3 Å². The molecule has 4 heterocycles. The van der Waals surface area contributed by atoms with Crippen LogP contribution in [0.3, 0.4) is 0 Å². The lowest BCUT2D eigenvalue weighted by molar-refractivity contribution is -0.117. The largest absolute Gasteiger partial charge is 0.495 e. The van der Waals surface area contributed by atoms with Crippen molar-refractivity contribution >= 4 is 51.5 Å². The summed E-state index contributed by atoms with van der Waals surface area (Å²) in [5, 5.41) is 7.77. The van der Waals surface area contributed by atoms with Gasteiger partial charge < -0.3 is 29.7 Å². The van der Waals surface area contributed by atoms with Crippen molar-refractivity contribution in [2.45, 2.75) is 24.4 Å². The zero-order valence-electron chi connectivity index (χ0n) is 21.8. The summed E-state index contributed by atoms with van der Waals surface area (Å²) in [7, 11) is 2.93. The fraction of sp³-hybridized carbons (Fsp3) is 0.370. The number of fused-ring (bicyclic) bond motifs is 1. The Morgan fingerprint density at radius 1 is 1.18 bits per heavy atom. The smallest absolute Gasteiger partial charge is 0.266 e. The highest BCUT2D eigenvalue weighted by Gasteiger charge is 2.39. The monoisotopic (exact) mass is 593 g/mol. The summed E-state index contributed by atoms with van der Waals surface area (Å²) in [6.45, 7) is 3.78. The molecule has 0 unspecified atom stereocenters. The summed E-state index contributed by atoms with van der Waals surface area (Å²) in [6, 6.07) is 4.49. The van der Waals surface area contributed by atoms with E-state index < -0.39 is 12.5 Å². The second kappa shape index (κ2) is 11.2. The minimum absolute atomic E-state index is 0.110. The molecule has 0 radical (unpaired) electrons. The number of anilines is 2. The number of amides is 1. The lowest BCUT2D eigenvalue weighted by atomic mass is 10.1. The molecule has 0 saturated carbocycles. The lowest BCUT2D eigenvalue weighted by Gasteiger charge is -2.23. The molecule has 40 heavy (non-hydrogen) atoms. The number of benzene rings is 1. The van der Waals surface area contributed by atoms with E-state index in [-0.39, 0.29) is 41.0 Å². The van der Waals surface area contributed by atoms with Crippen LogP contribution in [0.1, 0.15) is 6.42 Å². The minimum atomic E-state index is -2.86. The van der Waals surface area contributed by atoms with Gasteiger partial charge in [0.2, 0.25) is 5.91 Å². The summed E-state index contributed by atoms with van der Waals surface area (Å²) in [5.74, 6) is -1.71. The van der Waals surface area contributed by atoms with Crippen LogP contribution in [0.4, 0.5) is 20.4 Å². The lowest BCUT2D eigenvalue weighted by Crippen LogP contribution is -2.45. The maximum atomic E-state index is 14.3. The van der Waals surface area contributed by atoms with E-state index in [1.807, 2.05) is 0 Å². The second-order valence-corrected chi connectivity index (χ2v) is 10.3. The van der Waals surface area contributed by atoms with Gasteiger partial charge in [-0.25, -0.2) is 18.7 Å². The Kier molecular flexibility index (Phi) is 7.89. The number of pyridine rings is 2. The van der Waals surface area contributed by atoms with Crippen LogP contribution in [0.25, 0.3) is 22.0 Å². The number of carbonyl (C=O) groups is 1. The number of aromatic nitrogens is 2. The summed E-state index contributed by atoms with van der Waals surface area (Å²) in [5.41, 5.74) is 0.698. The third kappa shape index (κ3) is 5.45. The molecule has 9 nitrogen and oxygen atoms in total. The Bertz CT molecular complexity index is 1450. The molecule has 2 aliphatic rings. The number of hydrogen-bond acceptors (Lipinski definition) is 8. The number of nitrogens with one attached hydrogen (secondary N) is 2. The van der Waals surface area contributed by atoms with E-state index in [1.165, 1.54) is 20.3 Å². The number of nitrogens with zero attached hydrogens (tertiary/aromatic N) is 3. The molecule has 0 spiro atoms. The van der Waals surface area contributed by atoms with Crippen LogP contribution in [0.2, 0.25) is 10.0 Å². The molecule has 212 valence electrons. The first-order chi connectivity index (χ1) is 19.1. The average molecular weight is 594 g/mol. The van der Waals surface area contributed by atoms with Crippen LogP contribution in [0.5, 0.6) is 11.5 Å². The Labute approximate surface area is 239 Å². The van der Waals surface area contributed by atoms with Gasteiger partial charge in [-0.1, -0.05) is 29.8 Å². The highest BCUT2D eigenvalue weighted by molar-refractivity contribution is 6.41. The fourth-order valence-electron chi connectivity index (χ4n) is 4.87. The van der Waals surface area contributed by atoms with Gasteiger partial charge in [0.1, 0.15) is 23.1 Å². The number of methoxy groups -OCH3 is 2.